The quantitative estimate of drug-likeness (QED) is 0.846. The molecule has 1 aromatic rings. The summed E-state index contributed by atoms with van der Waals surface area (Å²) in [5.41, 5.74) is 0.579. The number of nitrogens with zero attached hydrogens (tertiary/aromatic N) is 1. The molecule has 2 rings (SSSR count). The summed E-state index contributed by atoms with van der Waals surface area (Å²) >= 11 is 0. The van der Waals surface area contributed by atoms with E-state index < -0.39 is 6.04 Å². The molecule has 2 amide bonds. The van der Waals surface area contributed by atoms with Crippen molar-refractivity contribution in [1.29, 1.82) is 0 Å². The van der Waals surface area contributed by atoms with Gasteiger partial charge in [0.15, 0.2) is 0 Å². The fourth-order valence-electron chi connectivity index (χ4n) is 1.74. The molecule has 4 heteroatoms. The Labute approximate surface area is 101 Å². The number of carbonyl (C=O) groups excluding carboxylic acids is 2. The summed E-state index contributed by atoms with van der Waals surface area (Å²) in [6.45, 7) is 3.34. The second-order valence-electron chi connectivity index (χ2n) is 4.24. The standard InChI is InChI=1S/C13H16N2O2/c1-10(13(17)15-8-5-9-15)14-12(16)11-6-3-2-4-7-11/h2-4,6-7,10H,5,8-9H2,1H3,(H,14,16). The van der Waals surface area contributed by atoms with Crippen LogP contribution in [0.5, 0.6) is 0 Å². The van der Waals surface area contributed by atoms with Gasteiger partial charge in [0, 0.05) is 18.7 Å². The molecule has 1 heterocycles. The molecule has 17 heavy (non-hydrogen) atoms. The molecule has 0 spiro atoms. The molecule has 1 aliphatic heterocycles. The highest BCUT2D eigenvalue weighted by molar-refractivity contribution is 5.97. The minimum atomic E-state index is -0.456. The van der Waals surface area contributed by atoms with Crippen molar-refractivity contribution in [3.8, 4) is 0 Å². The smallest absolute Gasteiger partial charge is 0.251 e. The van der Waals surface area contributed by atoms with Crippen molar-refractivity contribution in [2.45, 2.75) is 19.4 Å². The van der Waals surface area contributed by atoms with Crippen LogP contribution in [0.25, 0.3) is 0 Å². The van der Waals surface area contributed by atoms with E-state index in [2.05, 4.69) is 5.32 Å². The zero-order chi connectivity index (χ0) is 12.3. The first-order valence-electron chi connectivity index (χ1n) is 5.83. The fraction of sp³-hybridized carbons (Fsp3) is 0.385. The molecule has 1 saturated heterocycles. The summed E-state index contributed by atoms with van der Waals surface area (Å²) in [6, 6.07) is 8.47. The number of nitrogens with one attached hydrogen (secondary N) is 1. The maximum atomic E-state index is 11.8. The van der Waals surface area contributed by atoms with Crippen molar-refractivity contribution in [3.05, 3.63) is 35.9 Å². The number of hydrogen-bond acceptors (Lipinski definition) is 2. The maximum absolute atomic E-state index is 11.8. The van der Waals surface area contributed by atoms with E-state index in [1.165, 1.54) is 0 Å². The normalized spacial score (nSPS) is 15.9. The Hall–Kier alpha value is -1.84. The van der Waals surface area contributed by atoms with Gasteiger partial charge in [0.25, 0.3) is 5.91 Å². The van der Waals surface area contributed by atoms with Gasteiger partial charge in [-0.15, -0.1) is 0 Å². The lowest BCUT2D eigenvalue weighted by Gasteiger charge is -2.33. The van der Waals surface area contributed by atoms with Gasteiger partial charge in [-0.2, -0.15) is 0 Å². The van der Waals surface area contributed by atoms with Crippen molar-refractivity contribution in [2.24, 2.45) is 0 Å². The van der Waals surface area contributed by atoms with Crippen LogP contribution in [0.1, 0.15) is 23.7 Å². The molecule has 90 valence electrons. The van der Waals surface area contributed by atoms with Crippen molar-refractivity contribution in [1.82, 2.24) is 10.2 Å². The molecular weight excluding hydrogens is 216 g/mol. The lowest BCUT2D eigenvalue weighted by molar-refractivity contribution is -0.136. The zero-order valence-corrected chi connectivity index (χ0v) is 9.85. The first kappa shape index (κ1) is 11.6. The highest BCUT2D eigenvalue weighted by Crippen LogP contribution is 2.08. The van der Waals surface area contributed by atoms with Gasteiger partial charge in [0.1, 0.15) is 6.04 Å². The van der Waals surface area contributed by atoms with Crippen LogP contribution in [0.4, 0.5) is 0 Å². The topological polar surface area (TPSA) is 49.4 Å². The molecule has 1 unspecified atom stereocenters. The van der Waals surface area contributed by atoms with E-state index >= 15 is 0 Å². The minimum absolute atomic E-state index is 0.000492. The van der Waals surface area contributed by atoms with Gasteiger partial charge in [-0.25, -0.2) is 0 Å². The van der Waals surface area contributed by atoms with Crippen molar-refractivity contribution in [3.63, 3.8) is 0 Å². The molecule has 1 atom stereocenters. The molecule has 0 aromatic heterocycles. The van der Waals surface area contributed by atoms with Gasteiger partial charge in [-0.1, -0.05) is 18.2 Å². The van der Waals surface area contributed by atoms with Gasteiger partial charge in [-0.05, 0) is 25.5 Å². The maximum Gasteiger partial charge on any atom is 0.251 e. The average molecular weight is 232 g/mol. The predicted octanol–water partition coefficient (Wildman–Crippen LogP) is 1.04. The second kappa shape index (κ2) is 4.99. The molecule has 4 nitrogen and oxygen atoms in total. The number of hydrogen-bond donors (Lipinski definition) is 1. The molecule has 1 aromatic carbocycles. The van der Waals surface area contributed by atoms with Gasteiger partial charge < -0.3 is 10.2 Å². The third-order valence-corrected chi connectivity index (χ3v) is 2.92. The van der Waals surface area contributed by atoms with Gasteiger partial charge >= 0.3 is 0 Å². The van der Waals surface area contributed by atoms with E-state index in [0.717, 1.165) is 19.5 Å². The van der Waals surface area contributed by atoms with E-state index in [1.54, 1.807) is 36.1 Å². The van der Waals surface area contributed by atoms with Crippen molar-refractivity contribution >= 4 is 11.8 Å². The molecule has 1 N–H and O–H groups in total. The summed E-state index contributed by atoms with van der Waals surface area (Å²) in [6.07, 6.45) is 1.06. The highest BCUT2D eigenvalue weighted by Gasteiger charge is 2.26. The van der Waals surface area contributed by atoms with Crippen LogP contribution >= 0.6 is 0 Å². The second-order valence-corrected chi connectivity index (χ2v) is 4.24. The minimum Gasteiger partial charge on any atom is -0.341 e. The van der Waals surface area contributed by atoms with Gasteiger partial charge in [0.05, 0.1) is 0 Å². The average Bonchev–Trinajstić information content (AvgIpc) is 2.27. The highest BCUT2D eigenvalue weighted by atomic mass is 16.2. The molecule has 0 saturated carbocycles. The van der Waals surface area contributed by atoms with E-state index in [1.807, 2.05) is 6.07 Å². The molecule has 0 radical (unpaired) electrons. The van der Waals surface area contributed by atoms with Crippen LogP contribution in [0.15, 0.2) is 30.3 Å². The summed E-state index contributed by atoms with van der Waals surface area (Å²) < 4.78 is 0. The number of carbonyl (C=O) groups is 2. The largest absolute Gasteiger partial charge is 0.341 e. The lowest BCUT2D eigenvalue weighted by atomic mass is 10.1. The summed E-state index contributed by atoms with van der Waals surface area (Å²) in [7, 11) is 0. The summed E-state index contributed by atoms with van der Waals surface area (Å²) in [5.74, 6) is -0.201. The Morgan fingerprint density at radius 1 is 1.24 bits per heavy atom. The van der Waals surface area contributed by atoms with E-state index in [9.17, 15) is 9.59 Å². The zero-order valence-electron chi connectivity index (χ0n) is 9.85. The Balaban J connectivity index is 1.92. The number of likely N-dealkylation sites (tertiary alicyclic amines) is 1. The van der Waals surface area contributed by atoms with Crippen LogP contribution in [-0.2, 0) is 4.79 Å². The van der Waals surface area contributed by atoms with Gasteiger partial charge in [-0.3, -0.25) is 9.59 Å². The monoisotopic (exact) mass is 232 g/mol. The first-order valence-corrected chi connectivity index (χ1v) is 5.83. The molecule has 1 aliphatic rings. The Morgan fingerprint density at radius 2 is 1.88 bits per heavy atom. The van der Waals surface area contributed by atoms with E-state index in [-0.39, 0.29) is 11.8 Å². The summed E-state index contributed by atoms with van der Waals surface area (Å²) in [4.78, 5) is 25.4. The Bertz CT molecular complexity index is 413. The lowest BCUT2D eigenvalue weighted by Crippen LogP contribution is -2.51. The van der Waals surface area contributed by atoms with E-state index in [4.69, 9.17) is 0 Å². The molecular formula is C13H16N2O2. The third kappa shape index (κ3) is 2.64. The molecule has 0 bridgehead atoms. The molecule has 0 aliphatic carbocycles. The van der Waals surface area contributed by atoms with Crippen molar-refractivity contribution < 1.29 is 9.59 Å². The van der Waals surface area contributed by atoms with Crippen LogP contribution < -0.4 is 5.32 Å². The van der Waals surface area contributed by atoms with Gasteiger partial charge in [0.2, 0.25) is 5.91 Å². The Kier molecular flexibility index (Phi) is 3.42. The van der Waals surface area contributed by atoms with Crippen LogP contribution in [0, 0.1) is 0 Å². The fourth-order valence-corrected chi connectivity index (χ4v) is 1.74. The number of amides is 2. The SMILES string of the molecule is CC(NC(=O)c1ccccc1)C(=O)N1CCC1. The van der Waals surface area contributed by atoms with E-state index in [0.29, 0.717) is 5.56 Å². The molecule has 1 fully saturated rings. The number of benzene rings is 1. The summed E-state index contributed by atoms with van der Waals surface area (Å²) in [5, 5.41) is 2.71. The van der Waals surface area contributed by atoms with Crippen LogP contribution in [-0.4, -0.2) is 35.8 Å². The first-order chi connectivity index (χ1) is 8.18. The third-order valence-electron chi connectivity index (χ3n) is 2.92. The van der Waals surface area contributed by atoms with Crippen molar-refractivity contribution in [2.75, 3.05) is 13.1 Å². The van der Waals surface area contributed by atoms with Crippen LogP contribution in [0.2, 0.25) is 0 Å². The van der Waals surface area contributed by atoms with Crippen LogP contribution in [0.3, 0.4) is 0 Å². The number of rotatable bonds is 3. The Morgan fingerprint density at radius 3 is 2.41 bits per heavy atom. The predicted molar refractivity (Wildman–Crippen MR) is 64.6 cm³/mol.